The molecule has 7 nitrogen and oxygen atoms in total. The van der Waals surface area contributed by atoms with E-state index in [4.69, 9.17) is 27.7 Å². The van der Waals surface area contributed by atoms with Crippen molar-refractivity contribution in [1.29, 1.82) is 0 Å². The van der Waals surface area contributed by atoms with Gasteiger partial charge in [0, 0.05) is 0 Å². The molecule has 0 spiro atoms. The Labute approximate surface area is 179 Å². The van der Waals surface area contributed by atoms with Gasteiger partial charge in [-0.25, -0.2) is 0 Å². The highest BCUT2D eigenvalue weighted by Gasteiger charge is 2.11. The number of aromatic hydroxyl groups is 2. The Balaban J connectivity index is 1.70. The molecule has 4 aromatic rings. The molecule has 7 heteroatoms. The fraction of sp³-hybridized carbons (Fsp3) is 0. The van der Waals surface area contributed by atoms with Gasteiger partial charge < -0.3 is 37.9 Å². The summed E-state index contributed by atoms with van der Waals surface area (Å²) in [6.07, 6.45) is 0. The van der Waals surface area contributed by atoms with Crippen LogP contribution in [0.5, 0.6) is 23.0 Å². The van der Waals surface area contributed by atoms with Crippen molar-refractivity contribution in [2.45, 2.75) is 0 Å². The minimum atomic E-state index is 0.000453. The molecule has 0 aliphatic rings. The number of benzene rings is 4. The Bertz CT molecular complexity index is 1190. The molecule has 0 aliphatic heterocycles. The minimum Gasteiger partial charge on any atom is -0.506 e. The fourth-order valence-corrected chi connectivity index (χ4v) is 3.17. The van der Waals surface area contributed by atoms with Crippen LogP contribution in [0.4, 0.5) is 22.7 Å². The molecule has 0 heterocycles. The van der Waals surface area contributed by atoms with Gasteiger partial charge in [-0.15, -0.1) is 0 Å². The largest absolute Gasteiger partial charge is 0.506 e. The van der Waals surface area contributed by atoms with Crippen LogP contribution in [-0.2, 0) is 0 Å². The minimum absolute atomic E-state index is 0.000453. The highest BCUT2D eigenvalue weighted by atomic mass is 16.5. The smallest absolute Gasteiger partial charge is 0.151 e. The number of hydrogen-bond acceptors (Lipinski definition) is 7. The highest BCUT2D eigenvalue weighted by molar-refractivity contribution is 5.76. The molecular weight excluding hydrogens is 392 g/mol. The van der Waals surface area contributed by atoms with Gasteiger partial charge in [0.25, 0.3) is 0 Å². The predicted molar refractivity (Wildman–Crippen MR) is 125 cm³/mol. The van der Waals surface area contributed by atoms with Crippen LogP contribution in [0.3, 0.4) is 0 Å². The molecular formula is C24H22N4O3. The lowest BCUT2D eigenvalue weighted by molar-refractivity contribution is 0.477. The monoisotopic (exact) mass is 414 g/mol. The molecule has 0 saturated heterocycles. The molecule has 4 rings (SSSR count). The molecule has 0 amide bonds. The first-order valence-electron chi connectivity index (χ1n) is 9.46. The molecule has 0 saturated carbocycles. The topological polar surface area (TPSA) is 154 Å². The lowest BCUT2D eigenvalue weighted by Gasteiger charge is -2.14. The van der Waals surface area contributed by atoms with Gasteiger partial charge in [-0.2, -0.15) is 0 Å². The summed E-state index contributed by atoms with van der Waals surface area (Å²) >= 11 is 0. The van der Waals surface area contributed by atoms with Gasteiger partial charge in [-0.1, -0.05) is 24.3 Å². The van der Waals surface area contributed by atoms with Crippen LogP contribution in [0.2, 0.25) is 0 Å². The Morgan fingerprint density at radius 2 is 0.774 bits per heavy atom. The predicted octanol–water partition coefficient (Wildman–Crippen LogP) is 4.55. The first-order chi connectivity index (χ1) is 14.8. The number of nitrogen functional groups attached to an aromatic ring is 4. The lowest BCUT2D eigenvalue weighted by Crippen LogP contribution is -1.97. The molecule has 4 aromatic carbocycles. The van der Waals surface area contributed by atoms with Crippen molar-refractivity contribution < 1.29 is 14.9 Å². The number of anilines is 4. The highest BCUT2D eigenvalue weighted by Crippen LogP contribution is 2.38. The van der Waals surface area contributed by atoms with Crippen LogP contribution in [0.1, 0.15) is 0 Å². The lowest BCUT2D eigenvalue weighted by atomic mass is 10.0. The van der Waals surface area contributed by atoms with Crippen molar-refractivity contribution in [3.05, 3.63) is 72.8 Å². The van der Waals surface area contributed by atoms with E-state index in [2.05, 4.69) is 0 Å². The van der Waals surface area contributed by atoms with E-state index in [0.29, 0.717) is 34.2 Å². The van der Waals surface area contributed by atoms with Crippen LogP contribution in [0, 0.1) is 0 Å². The van der Waals surface area contributed by atoms with Crippen LogP contribution in [0.15, 0.2) is 72.8 Å². The molecule has 0 aliphatic carbocycles. The van der Waals surface area contributed by atoms with E-state index >= 15 is 0 Å². The van der Waals surface area contributed by atoms with Crippen LogP contribution in [-0.4, -0.2) is 10.2 Å². The average Bonchev–Trinajstić information content (AvgIpc) is 2.75. The van der Waals surface area contributed by atoms with Crippen LogP contribution in [0.25, 0.3) is 22.3 Å². The standard InChI is InChI=1S/C24H22N4O3/c25-17-5-1-13(9-21(17)29)15-3-7-19(27)23(11-15)31-24-12-16(4-8-20(24)28)14-2-6-18(26)22(30)10-14/h1-12,29-30H,25-28H2. The summed E-state index contributed by atoms with van der Waals surface area (Å²) in [5, 5.41) is 19.8. The van der Waals surface area contributed by atoms with Crippen LogP contribution < -0.4 is 27.7 Å². The summed E-state index contributed by atoms with van der Waals surface area (Å²) in [6, 6.07) is 20.6. The third-order valence-electron chi connectivity index (χ3n) is 4.97. The van der Waals surface area contributed by atoms with Gasteiger partial charge in [0.05, 0.1) is 22.7 Å². The quantitative estimate of drug-likeness (QED) is 0.211. The Hall–Kier alpha value is -4.52. The zero-order chi connectivity index (χ0) is 22.1. The number of ether oxygens (including phenoxy) is 1. The average molecular weight is 414 g/mol. The van der Waals surface area contributed by atoms with Gasteiger partial charge in [0.1, 0.15) is 11.5 Å². The van der Waals surface area contributed by atoms with E-state index in [0.717, 1.165) is 22.3 Å². The first kappa shape index (κ1) is 19.8. The van der Waals surface area contributed by atoms with Gasteiger partial charge in [-0.05, 0) is 70.8 Å². The maximum atomic E-state index is 9.91. The van der Waals surface area contributed by atoms with Crippen molar-refractivity contribution in [2.75, 3.05) is 22.9 Å². The maximum absolute atomic E-state index is 9.91. The Morgan fingerprint density at radius 3 is 1.13 bits per heavy atom. The third-order valence-corrected chi connectivity index (χ3v) is 4.97. The number of phenolic OH excluding ortho intramolecular Hbond substituents is 2. The summed E-state index contributed by atoms with van der Waals surface area (Å²) in [4.78, 5) is 0. The zero-order valence-corrected chi connectivity index (χ0v) is 16.5. The molecule has 0 atom stereocenters. The fourth-order valence-electron chi connectivity index (χ4n) is 3.17. The number of hydrogen-bond donors (Lipinski definition) is 6. The van der Waals surface area contributed by atoms with Crippen molar-refractivity contribution in [1.82, 2.24) is 0 Å². The van der Waals surface area contributed by atoms with Crippen molar-refractivity contribution >= 4 is 22.7 Å². The van der Waals surface area contributed by atoms with E-state index < -0.39 is 0 Å². The third kappa shape index (κ3) is 3.97. The molecule has 10 N–H and O–H groups in total. The van der Waals surface area contributed by atoms with Crippen molar-refractivity contribution in [3.8, 4) is 45.3 Å². The van der Waals surface area contributed by atoms with Gasteiger partial charge >= 0.3 is 0 Å². The van der Waals surface area contributed by atoms with Crippen molar-refractivity contribution in [2.24, 2.45) is 0 Å². The van der Waals surface area contributed by atoms with E-state index in [-0.39, 0.29) is 11.5 Å². The zero-order valence-electron chi connectivity index (χ0n) is 16.5. The summed E-state index contributed by atoms with van der Waals surface area (Å²) < 4.78 is 6.05. The molecule has 0 aromatic heterocycles. The number of nitrogens with two attached hydrogens (primary N) is 4. The second kappa shape index (κ2) is 7.72. The van der Waals surface area contributed by atoms with E-state index in [1.165, 1.54) is 0 Å². The summed E-state index contributed by atoms with van der Waals surface area (Å²) in [7, 11) is 0. The summed E-state index contributed by atoms with van der Waals surface area (Å²) in [5.41, 5.74) is 28.2. The molecule has 31 heavy (non-hydrogen) atoms. The second-order valence-corrected chi connectivity index (χ2v) is 7.15. The molecule has 0 bridgehead atoms. The van der Waals surface area contributed by atoms with E-state index in [9.17, 15) is 10.2 Å². The SMILES string of the molecule is Nc1ccc(-c2ccc(N)c(Oc3cc(-c4ccc(N)c(O)c4)ccc3N)c2)cc1O. The first-order valence-corrected chi connectivity index (χ1v) is 9.46. The van der Waals surface area contributed by atoms with E-state index in [1.54, 1.807) is 60.7 Å². The van der Waals surface area contributed by atoms with E-state index in [1.807, 2.05) is 12.1 Å². The normalized spacial score (nSPS) is 10.7. The summed E-state index contributed by atoms with van der Waals surface area (Å²) in [6.45, 7) is 0. The molecule has 0 unspecified atom stereocenters. The molecule has 156 valence electrons. The van der Waals surface area contributed by atoms with Crippen LogP contribution >= 0.6 is 0 Å². The maximum Gasteiger partial charge on any atom is 0.151 e. The number of rotatable bonds is 4. The number of phenols is 2. The molecule has 0 radical (unpaired) electrons. The Kier molecular flexibility index (Phi) is 4.92. The van der Waals surface area contributed by atoms with Gasteiger partial charge in [0.15, 0.2) is 11.5 Å². The van der Waals surface area contributed by atoms with Crippen molar-refractivity contribution in [3.63, 3.8) is 0 Å². The molecule has 0 fully saturated rings. The second-order valence-electron chi connectivity index (χ2n) is 7.15. The van der Waals surface area contributed by atoms with Gasteiger partial charge in [-0.3, -0.25) is 0 Å². The Morgan fingerprint density at radius 1 is 0.452 bits per heavy atom. The summed E-state index contributed by atoms with van der Waals surface area (Å²) in [5.74, 6) is 0.830. The van der Waals surface area contributed by atoms with Gasteiger partial charge in [0.2, 0.25) is 0 Å².